The third-order valence-electron chi connectivity index (χ3n) is 3.21. The minimum absolute atomic E-state index is 0.00609. The van der Waals surface area contributed by atoms with Crippen molar-refractivity contribution in [1.29, 1.82) is 0 Å². The minimum atomic E-state index is -0.973. The standard InChI is InChI=1S/C15H11FN2O5/c16-10-6-5-9(7-11(10)18(20)21)17-15(19)14-8-22-12-3-1-2-4-13(12)23-14/h1-7,14H,8H2,(H,17,19)/t14-/m1/s1. The van der Waals surface area contributed by atoms with Gasteiger partial charge < -0.3 is 14.8 Å². The number of nitrogens with one attached hydrogen (secondary N) is 1. The molecule has 0 aliphatic carbocycles. The van der Waals surface area contributed by atoms with Crippen LogP contribution in [0, 0.1) is 15.9 Å². The van der Waals surface area contributed by atoms with Crippen LogP contribution in [0.1, 0.15) is 0 Å². The molecule has 1 amide bonds. The molecule has 118 valence electrons. The number of ether oxygens (including phenoxy) is 2. The molecule has 2 aromatic carbocycles. The molecule has 0 saturated heterocycles. The fourth-order valence-electron chi connectivity index (χ4n) is 2.10. The van der Waals surface area contributed by atoms with Gasteiger partial charge in [-0.3, -0.25) is 14.9 Å². The number of nitro groups is 1. The lowest BCUT2D eigenvalue weighted by Crippen LogP contribution is -2.40. The molecule has 0 aromatic heterocycles. The largest absolute Gasteiger partial charge is 0.485 e. The number of hydrogen-bond acceptors (Lipinski definition) is 5. The van der Waals surface area contributed by atoms with Crippen molar-refractivity contribution in [2.24, 2.45) is 0 Å². The fraction of sp³-hybridized carbons (Fsp3) is 0.133. The zero-order valence-corrected chi connectivity index (χ0v) is 11.7. The van der Waals surface area contributed by atoms with E-state index in [-0.39, 0.29) is 12.3 Å². The Balaban J connectivity index is 1.73. The molecule has 0 unspecified atom stereocenters. The normalized spacial score (nSPS) is 15.8. The van der Waals surface area contributed by atoms with Gasteiger partial charge in [0.2, 0.25) is 11.9 Å². The van der Waals surface area contributed by atoms with Gasteiger partial charge in [0.15, 0.2) is 11.5 Å². The van der Waals surface area contributed by atoms with Crippen LogP contribution in [0.15, 0.2) is 42.5 Å². The molecule has 0 radical (unpaired) electrons. The summed E-state index contributed by atoms with van der Waals surface area (Å²) in [6, 6.07) is 10.0. The third-order valence-corrected chi connectivity index (χ3v) is 3.21. The Bertz CT molecular complexity index is 780. The van der Waals surface area contributed by atoms with Crippen molar-refractivity contribution in [2.75, 3.05) is 11.9 Å². The molecule has 0 spiro atoms. The summed E-state index contributed by atoms with van der Waals surface area (Å²) < 4.78 is 24.2. The van der Waals surface area contributed by atoms with Crippen LogP contribution in [0.25, 0.3) is 0 Å². The van der Waals surface area contributed by atoms with Crippen LogP contribution in [0.4, 0.5) is 15.8 Å². The Morgan fingerprint density at radius 1 is 1.26 bits per heavy atom. The third kappa shape index (κ3) is 3.05. The van der Waals surface area contributed by atoms with E-state index in [1.165, 1.54) is 6.07 Å². The number of carbonyl (C=O) groups excluding carboxylic acids is 1. The SMILES string of the molecule is O=C(Nc1ccc(F)c([N+](=O)[O-])c1)[C@H]1COc2ccccc2O1. The molecule has 3 rings (SSSR count). The van der Waals surface area contributed by atoms with E-state index in [9.17, 15) is 19.3 Å². The average Bonchev–Trinajstić information content (AvgIpc) is 2.55. The number of rotatable bonds is 3. The maximum absolute atomic E-state index is 13.3. The van der Waals surface area contributed by atoms with Gasteiger partial charge in [0.1, 0.15) is 6.61 Å². The highest BCUT2D eigenvalue weighted by Crippen LogP contribution is 2.31. The van der Waals surface area contributed by atoms with Crippen molar-refractivity contribution in [3.63, 3.8) is 0 Å². The first-order valence-electron chi connectivity index (χ1n) is 6.68. The van der Waals surface area contributed by atoms with E-state index in [2.05, 4.69) is 5.32 Å². The van der Waals surface area contributed by atoms with Gasteiger partial charge in [-0.15, -0.1) is 0 Å². The summed E-state index contributed by atoms with van der Waals surface area (Å²) in [6.45, 7) is 0.00609. The number of fused-ring (bicyclic) bond motifs is 1. The summed E-state index contributed by atoms with van der Waals surface area (Å²) >= 11 is 0. The lowest BCUT2D eigenvalue weighted by Gasteiger charge is -2.25. The fourth-order valence-corrected chi connectivity index (χ4v) is 2.10. The van der Waals surface area contributed by atoms with E-state index < -0.39 is 28.4 Å². The van der Waals surface area contributed by atoms with Crippen LogP contribution >= 0.6 is 0 Å². The quantitative estimate of drug-likeness (QED) is 0.693. The summed E-state index contributed by atoms with van der Waals surface area (Å²) in [5.74, 6) is -0.544. The van der Waals surface area contributed by atoms with Gasteiger partial charge in [0.25, 0.3) is 5.91 Å². The topological polar surface area (TPSA) is 90.7 Å². The van der Waals surface area contributed by atoms with Crippen molar-refractivity contribution in [3.8, 4) is 11.5 Å². The summed E-state index contributed by atoms with van der Waals surface area (Å²) in [5, 5.41) is 13.2. The van der Waals surface area contributed by atoms with Crippen molar-refractivity contribution in [3.05, 3.63) is 58.4 Å². The molecule has 1 heterocycles. The number of nitrogens with zero attached hydrogens (tertiary/aromatic N) is 1. The molecule has 8 heteroatoms. The molecule has 0 bridgehead atoms. The Morgan fingerprint density at radius 2 is 2.00 bits per heavy atom. The van der Waals surface area contributed by atoms with E-state index >= 15 is 0 Å². The van der Waals surface area contributed by atoms with E-state index in [0.29, 0.717) is 11.5 Å². The van der Waals surface area contributed by atoms with Crippen LogP contribution in [-0.2, 0) is 4.79 Å². The molecular weight excluding hydrogens is 307 g/mol. The number of nitro benzene ring substituents is 1. The molecule has 0 saturated carbocycles. The van der Waals surface area contributed by atoms with Crippen molar-refractivity contribution in [1.82, 2.24) is 0 Å². The first-order valence-corrected chi connectivity index (χ1v) is 6.68. The smallest absolute Gasteiger partial charge is 0.306 e. The highest BCUT2D eigenvalue weighted by atomic mass is 19.1. The second-order valence-corrected chi connectivity index (χ2v) is 4.78. The second kappa shape index (κ2) is 5.91. The molecule has 23 heavy (non-hydrogen) atoms. The number of benzene rings is 2. The highest BCUT2D eigenvalue weighted by Gasteiger charge is 2.27. The van der Waals surface area contributed by atoms with Crippen LogP contribution < -0.4 is 14.8 Å². The first kappa shape index (κ1) is 14.8. The summed E-state index contributed by atoms with van der Waals surface area (Å²) in [6.07, 6.45) is -0.908. The number of carbonyl (C=O) groups is 1. The van der Waals surface area contributed by atoms with Crippen LogP contribution in [0.2, 0.25) is 0 Å². The lowest BCUT2D eigenvalue weighted by atomic mass is 10.2. The number of hydrogen-bond donors (Lipinski definition) is 1. The predicted molar refractivity (Wildman–Crippen MR) is 78.0 cm³/mol. The van der Waals surface area contributed by atoms with Crippen LogP contribution in [-0.4, -0.2) is 23.5 Å². The Labute approximate surface area is 129 Å². The summed E-state index contributed by atoms with van der Waals surface area (Å²) in [4.78, 5) is 22.0. The van der Waals surface area contributed by atoms with Crippen LogP contribution in [0.5, 0.6) is 11.5 Å². The molecule has 0 fully saturated rings. The lowest BCUT2D eigenvalue weighted by molar-refractivity contribution is -0.387. The van der Waals surface area contributed by atoms with E-state index in [1.54, 1.807) is 24.3 Å². The Kier molecular flexibility index (Phi) is 3.80. The molecule has 1 aliphatic rings. The molecule has 2 aromatic rings. The summed E-state index contributed by atoms with van der Waals surface area (Å²) in [5.41, 5.74) is -0.612. The molecule has 1 atom stereocenters. The number of halogens is 1. The first-order chi connectivity index (χ1) is 11.0. The number of para-hydroxylation sites is 2. The molecular formula is C15H11FN2O5. The van der Waals surface area contributed by atoms with Gasteiger partial charge in [-0.25, -0.2) is 0 Å². The maximum Gasteiger partial charge on any atom is 0.306 e. The molecule has 1 aliphatic heterocycles. The van der Waals surface area contributed by atoms with Gasteiger partial charge in [0.05, 0.1) is 4.92 Å². The molecule has 7 nitrogen and oxygen atoms in total. The van der Waals surface area contributed by atoms with Gasteiger partial charge in [-0.2, -0.15) is 4.39 Å². The van der Waals surface area contributed by atoms with Crippen LogP contribution in [0.3, 0.4) is 0 Å². The zero-order chi connectivity index (χ0) is 16.4. The highest BCUT2D eigenvalue weighted by molar-refractivity contribution is 5.95. The molecule has 1 N–H and O–H groups in total. The predicted octanol–water partition coefficient (Wildman–Crippen LogP) is 2.51. The number of amides is 1. The van der Waals surface area contributed by atoms with E-state index in [1.807, 2.05) is 0 Å². The summed E-state index contributed by atoms with van der Waals surface area (Å²) in [7, 11) is 0. The van der Waals surface area contributed by atoms with E-state index in [0.717, 1.165) is 12.1 Å². The van der Waals surface area contributed by atoms with Crippen molar-refractivity contribution < 1.29 is 23.6 Å². The van der Waals surface area contributed by atoms with Gasteiger partial charge in [0, 0.05) is 11.8 Å². The second-order valence-electron chi connectivity index (χ2n) is 4.78. The zero-order valence-electron chi connectivity index (χ0n) is 11.7. The maximum atomic E-state index is 13.3. The average molecular weight is 318 g/mol. The minimum Gasteiger partial charge on any atom is -0.485 e. The van der Waals surface area contributed by atoms with E-state index in [4.69, 9.17) is 9.47 Å². The van der Waals surface area contributed by atoms with Gasteiger partial charge in [-0.05, 0) is 24.3 Å². The monoisotopic (exact) mass is 318 g/mol. The number of anilines is 1. The van der Waals surface area contributed by atoms with Gasteiger partial charge in [-0.1, -0.05) is 12.1 Å². The van der Waals surface area contributed by atoms with Gasteiger partial charge >= 0.3 is 5.69 Å². The Hall–Kier alpha value is -3.16. The Morgan fingerprint density at radius 3 is 2.74 bits per heavy atom. The van der Waals surface area contributed by atoms with Crippen molar-refractivity contribution in [2.45, 2.75) is 6.10 Å². The van der Waals surface area contributed by atoms with Crippen molar-refractivity contribution >= 4 is 17.3 Å².